The summed E-state index contributed by atoms with van der Waals surface area (Å²) >= 11 is 2.78. The molecular formula is C17H20N2O4S2. The van der Waals surface area contributed by atoms with Gasteiger partial charge in [-0.05, 0) is 49.3 Å². The first kappa shape index (κ1) is 17.1. The van der Waals surface area contributed by atoms with Crippen molar-refractivity contribution in [2.75, 3.05) is 0 Å². The molecule has 1 saturated carbocycles. The SMILES string of the molecule is CC1CCC2=CC=CN(SC3=C(C(=O)O)N4C(=O)[C@H]([C@@H](C)O)[C@H]4S3)C21. The van der Waals surface area contributed by atoms with Crippen LogP contribution in [-0.2, 0) is 9.59 Å². The number of β-lactam (4-membered cyclic amide) rings is 1. The predicted molar refractivity (Wildman–Crippen MR) is 96.9 cm³/mol. The van der Waals surface area contributed by atoms with E-state index in [1.165, 1.54) is 34.2 Å². The third-order valence-corrected chi connectivity index (χ3v) is 7.87. The molecule has 3 heterocycles. The molecule has 2 fully saturated rings. The smallest absolute Gasteiger partial charge is 0.354 e. The number of carbonyl (C=O) groups is 2. The van der Waals surface area contributed by atoms with Crippen molar-refractivity contribution >= 4 is 35.6 Å². The van der Waals surface area contributed by atoms with Crippen LogP contribution >= 0.6 is 23.7 Å². The fraction of sp³-hybridized carbons (Fsp3) is 0.529. The van der Waals surface area contributed by atoms with Gasteiger partial charge in [-0.2, -0.15) is 0 Å². The highest BCUT2D eigenvalue weighted by Crippen LogP contribution is 2.55. The molecule has 0 spiro atoms. The molecule has 3 aliphatic heterocycles. The van der Waals surface area contributed by atoms with Crippen LogP contribution in [0, 0.1) is 11.8 Å². The Morgan fingerprint density at radius 1 is 1.48 bits per heavy atom. The summed E-state index contributed by atoms with van der Waals surface area (Å²) in [5, 5.41) is 19.1. The monoisotopic (exact) mass is 380 g/mol. The third-order valence-electron chi connectivity index (χ3n) is 5.28. The number of aliphatic hydroxyl groups excluding tert-OH is 1. The van der Waals surface area contributed by atoms with Crippen LogP contribution in [0.2, 0.25) is 0 Å². The van der Waals surface area contributed by atoms with Gasteiger partial charge in [-0.3, -0.25) is 9.69 Å². The zero-order valence-electron chi connectivity index (χ0n) is 14.0. The fourth-order valence-corrected chi connectivity index (χ4v) is 7.10. The van der Waals surface area contributed by atoms with Gasteiger partial charge in [-0.1, -0.05) is 24.8 Å². The number of nitrogens with zero attached hydrogens (tertiary/aromatic N) is 2. The lowest BCUT2D eigenvalue weighted by Gasteiger charge is -2.43. The lowest BCUT2D eigenvalue weighted by atomic mass is 9.92. The maximum atomic E-state index is 12.3. The molecule has 134 valence electrons. The molecule has 0 radical (unpaired) electrons. The number of fused-ring (bicyclic) bond motifs is 2. The molecule has 25 heavy (non-hydrogen) atoms. The maximum Gasteiger partial charge on any atom is 0.354 e. The maximum absolute atomic E-state index is 12.3. The molecule has 5 atom stereocenters. The Kier molecular flexibility index (Phi) is 4.16. The van der Waals surface area contributed by atoms with Gasteiger partial charge >= 0.3 is 5.97 Å². The molecule has 8 heteroatoms. The molecule has 1 saturated heterocycles. The van der Waals surface area contributed by atoms with Crippen molar-refractivity contribution in [1.29, 1.82) is 0 Å². The van der Waals surface area contributed by atoms with Gasteiger partial charge in [0.05, 0.1) is 22.3 Å². The van der Waals surface area contributed by atoms with E-state index in [1.807, 2.05) is 12.3 Å². The number of hydrogen-bond acceptors (Lipinski definition) is 6. The molecule has 2 unspecified atom stereocenters. The van der Waals surface area contributed by atoms with Gasteiger partial charge < -0.3 is 14.5 Å². The number of carboxylic acid groups (broad SMARTS) is 1. The molecule has 1 amide bonds. The summed E-state index contributed by atoms with van der Waals surface area (Å²) in [6, 6.07) is 0.273. The minimum Gasteiger partial charge on any atom is -0.477 e. The number of hydrogen-bond donors (Lipinski definition) is 2. The van der Waals surface area contributed by atoms with Crippen molar-refractivity contribution in [3.05, 3.63) is 33.9 Å². The van der Waals surface area contributed by atoms with Crippen molar-refractivity contribution < 1.29 is 19.8 Å². The number of rotatable bonds is 4. The molecular weight excluding hydrogens is 360 g/mol. The average molecular weight is 380 g/mol. The summed E-state index contributed by atoms with van der Waals surface area (Å²) in [4.78, 5) is 25.4. The van der Waals surface area contributed by atoms with E-state index in [9.17, 15) is 19.8 Å². The van der Waals surface area contributed by atoms with Gasteiger partial charge in [0, 0.05) is 6.20 Å². The Hall–Kier alpha value is -1.38. The second kappa shape index (κ2) is 6.10. The summed E-state index contributed by atoms with van der Waals surface area (Å²) in [6.45, 7) is 3.80. The van der Waals surface area contributed by atoms with Gasteiger partial charge in [0.1, 0.15) is 5.37 Å². The highest BCUT2D eigenvalue weighted by atomic mass is 32.2. The second-order valence-electron chi connectivity index (χ2n) is 6.92. The quantitative estimate of drug-likeness (QED) is 0.572. The Morgan fingerprint density at radius 2 is 2.24 bits per heavy atom. The zero-order chi connectivity index (χ0) is 17.9. The zero-order valence-corrected chi connectivity index (χ0v) is 15.6. The van der Waals surface area contributed by atoms with Gasteiger partial charge in [-0.15, -0.1) is 0 Å². The van der Waals surface area contributed by atoms with E-state index in [1.54, 1.807) is 6.92 Å². The van der Waals surface area contributed by atoms with Gasteiger partial charge in [-0.25, -0.2) is 4.79 Å². The Labute approximate surface area is 154 Å². The van der Waals surface area contributed by atoms with E-state index in [-0.39, 0.29) is 23.0 Å². The first-order chi connectivity index (χ1) is 11.9. The summed E-state index contributed by atoms with van der Waals surface area (Å²) in [5.74, 6) is -1.42. The molecule has 4 rings (SSSR count). The summed E-state index contributed by atoms with van der Waals surface area (Å²) < 4.78 is 2.74. The van der Waals surface area contributed by atoms with E-state index in [4.69, 9.17) is 0 Å². The summed E-state index contributed by atoms with van der Waals surface area (Å²) in [7, 11) is 0. The van der Waals surface area contributed by atoms with Crippen molar-refractivity contribution in [2.45, 2.75) is 44.2 Å². The highest BCUT2D eigenvalue weighted by Gasteiger charge is 2.58. The number of amides is 1. The van der Waals surface area contributed by atoms with Crippen molar-refractivity contribution in [3.8, 4) is 0 Å². The number of carboxylic acids is 1. The van der Waals surface area contributed by atoms with E-state index in [2.05, 4.69) is 17.3 Å². The van der Waals surface area contributed by atoms with Crippen molar-refractivity contribution in [3.63, 3.8) is 0 Å². The van der Waals surface area contributed by atoms with Crippen LogP contribution in [-0.4, -0.2) is 48.8 Å². The van der Waals surface area contributed by atoms with Crippen molar-refractivity contribution in [2.24, 2.45) is 11.8 Å². The van der Waals surface area contributed by atoms with Crippen LogP contribution in [0.3, 0.4) is 0 Å². The van der Waals surface area contributed by atoms with E-state index in [0.717, 1.165) is 12.8 Å². The van der Waals surface area contributed by atoms with Crippen LogP contribution in [0.25, 0.3) is 0 Å². The molecule has 2 N–H and O–H groups in total. The molecule has 0 bridgehead atoms. The average Bonchev–Trinajstić information content (AvgIpc) is 3.07. The first-order valence-electron chi connectivity index (χ1n) is 8.39. The minimum absolute atomic E-state index is 0.0528. The molecule has 1 aliphatic carbocycles. The largest absolute Gasteiger partial charge is 0.477 e. The number of thioether (sulfide) groups is 1. The Balaban J connectivity index is 1.60. The summed E-state index contributed by atoms with van der Waals surface area (Å²) in [5.41, 5.74) is 1.43. The lowest BCUT2D eigenvalue weighted by molar-refractivity contribution is -0.156. The van der Waals surface area contributed by atoms with E-state index >= 15 is 0 Å². The predicted octanol–water partition coefficient (Wildman–Crippen LogP) is 2.35. The standard InChI is InChI=1S/C17H20N2O4S2/c1-8-5-6-10-4-3-7-18(12(8)10)25-17-13(16(22)23)19-14(21)11(9(2)20)15(19)24-17/h3-4,7-9,11-12,15,20H,5-6H2,1-2H3,(H,22,23)/t8?,9-,11+,12?,15-/m1/s1. The molecule has 0 aromatic carbocycles. The topological polar surface area (TPSA) is 81.1 Å². The van der Waals surface area contributed by atoms with Crippen LogP contribution in [0.5, 0.6) is 0 Å². The number of aliphatic hydroxyl groups is 1. The highest BCUT2D eigenvalue weighted by molar-refractivity contribution is 8.21. The molecule has 4 aliphatic rings. The minimum atomic E-state index is -1.09. The van der Waals surface area contributed by atoms with Crippen molar-refractivity contribution in [1.82, 2.24) is 9.21 Å². The second-order valence-corrected chi connectivity index (χ2v) is 9.32. The van der Waals surface area contributed by atoms with E-state index < -0.39 is 18.0 Å². The lowest BCUT2D eigenvalue weighted by Crippen LogP contribution is -2.60. The van der Waals surface area contributed by atoms with Crippen LogP contribution in [0.4, 0.5) is 0 Å². The van der Waals surface area contributed by atoms with Gasteiger partial charge in [0.2, 0.25) is 5.91 Å². The van der Waals surface area contributed by atoms with Gasteiger partial charge in [0.25, 0.3) is 0 Å². The number of allylic oxidation sites excluding steroid dienone is 2. The molecule has 0 aromatic rings. The Bertz CT molecular complexity index is 730. The molecule has 0 aromatic heterocycles. The third kappa shape index (κ3) is 2.53. The Morgan fingerprint density at radius 3 is 2.92 bits per heavy atom. The van der Waals surface area contributed by atoms with Crippen LogP contribution in [0.1, 0.15) is 26.7 Å². The van der Waals surface area contributed by atoms with Crippen LogP contribution in [0.15, 0.2) is 33.9 Å². The van der Waals surface area contributed by atoms with Gasteiger partial charge in [0.15, 0.2) is 5.70 Å². The van der Waals surface area contributed by atoms with E-state index in [0.29, 0.717) is 10.2 Å². The first-order valence-corrected chi connectivity index (χ1v) is 10.0. The summed E-state index contributed by atoms with van der Waals surface area (Å²) in [6.07, 6.45) is 7.56. The fourth-order valence-electron chi connectivity index (χ4n) is 4.00. The van der Waals surface area contributed by atoms with Crippen LogP contribution < -0.4 is 0 Å². The number of aliphatic carboxylic acids is 1. The normalized spacial score (nSPS) is 34.7. The molecule has 6 nitrogen and oxygen atoms in total. The number of carbonyl (C=O) groups excluding carboxylic acids is 1.